The van der Waals surface area contributed by atoms with E-state index >= 15 is 0 Å². The van der Waals surface area contributed by atoms with E-state index in [2.05, 4.69) is 15.4 Å². The summed E-state index contributed by atoms with van der Waals surface area (Å²) in [6.07, 6.45) is 1.81. The van der Waals surface area contributed by atoms with Crippen molar-refractivity contribution in [3.8, 4) is 5.82 Å². The zero-order valence-corrected chi connectivity index (χ0v) is 14.5. The minimum absolute atomic E-state index is 0.265. The largest absolute Gasteiger partial charge is 0.352 e. The van der Waals surface area contributed by atoms with Crippen LogP contribution in [0.5, 0.6) is 0 Å². The number of halogens is 2. The molecule has 1 N–H and O–H groups in total. The topological polar surface area (TPSA) is 59.8 Å². The maximum absolute atomic E-state index is 13.1. The molecule has 0 unspecified atom stereocenters. The fourth-order valence-electron chi connectivity index (χ4n) is 2.68. The fraction of sp³-hybridized carbons (Fsp3) is 0.211. The molecule has 0 bridgehead atoms. The maximum Gasteiger partial charge on any atom is 0.252 e. The van der Waals surface area contributed by atoms with Gasteiger partial charge in [0.25, 0.3) is 5.91 Å². The van der Waals surface area contributed by atoms with Gasteiger partial charge in [0.2, 0.25) is 0 Å². The van der Waals surface area contributed by atoms with Crippen LogP contribution >= 0.6 is 0 Å². The summed E-state index contributed by atoms with van der Waals surface area (Å²) in [5.74, 6) is -0.929. The molecule has 7 heteroatoms. The second-order valence-corrected chi connectivity index (χ2v) is 6.03. The Balaban J connectivity index is 1.60. The van der Waals surface area contributed by atoms with Crippen molar-refractivity contribution in [3.05, 3.63) is 76.7 Å². The van der Waals surface area contributed by atoms with Crippen molar-refractivity contribution in [2.24, 2.45) is 0 Å². The van der Waals surface area contributed by atoms with E-state index in [0.717, 1.165) is 17.5 Å². The summed E-state index contributed by atoms with van der Waals surface area (Å²) >= 11 is 0. The molecule has 0 saturated heterocycles. The smallest absolute Gasteiger partial charge is 0.252 e. The van der Waals surface area contributed by atoms with E-state index < -0.39 is 11.6 Å². The lowest BCUT2D eigenvalue weighted by Crippen LogP contribution is -2.26. The van der Waals surface area contributed by atoms with Gasteiger partial charge in [-0.25, -0.2) is 18.4 Å². The molecular weight excluding hydrogens is 338 g/mol. The molecule has 1 aromatic carbocycles. The molecule has 3 rings (SSSR count). The van der Waals surface area contributed by atoms with Crippen LogP contribution in [-0.2, 0) is 6.42 Å². The third-order valence-electron chi connectivity index (χ3n) is 3.86. The molecule has 0 atom stereocenters. The summed E-state index contributed by atoms with van der Waals surface area (Å²) in [5.41, 5.74) is 2.73. The molecule has 0 spiro atoms. The second kappa shape index (κ2) is 7.43. The highest BCUT2D eigenvalue weighted by Crippen LogP contribution is 2.11. The number of aromatic nitrogens is 3. The van der Waals surface area contributed by atoms with E-state index in [1.807, 2.05) is 19.9 Å². The quantitative estimate of drug-likeness (QED) is 0.764. The Hall–Kier alpha value is -3.09. The van der Waals surface area contributed by atoms with Crippen LogP contribution in [0.25, 0.3) is 5.82 Å². The van der Waals surface area contributed by atoms with Crippen molar-refractivity contribution in [2.45, 2.75) is 20.3 Å². The average Bonchev–Trinajstić information content (AvgIpc) is 2.92. The van der Waals surface area contributed by atoms with Crippen molar-refractivity contribution in [1.82, 2.24) is 20.1 Å². The molecule has 0 aliphatic heterocycles. The molecule has 1 amide bonds. The van der Waals surface area contributed by atoms with Gasteiger partial charge in [0.05, 0.1) is 11.3 Å². The summed E-state index contributed by atoms with van der Waals surface area (Å²) in [7, 11) is 0. The molecule has 0 aliphatic carbocycles. The first-order valence-electron chi connectivity index (χ1n) is 8.15. The number of aryl methyl sites for hydroxylation is 2. The predicted octanol–water partition coefficient (Wildman–Crippen LogP) is 3.13. The van der Waals surface area contributed by atoms with Gasteiger partial charge in [-0.2, -0.15) is 5.10 Å². The van der Waals surface area contributed by atoms with Gasteiger partial charge in [0, 0.05) is 24.5 Å². The number of rotatable bonds is 5. The van der Waals surface area contributed by atoms with Gasteiger partial charge in [0.15, 0.2) is 5.82 Å². The lowest BCUT2D eigenvalue weighted by Gasteiger charge is -2.07. The van der Waals surface area contributed by atoms with Crippen LogP contribution < -0.4 is 5.32 Å². The van der Waals surface area contributed by atoms with Crippen molar-refractivity contribution in [2.75, 3.05) is 6.54 Å². The van der Waals surface area contributed by atoms with E-state index in [9.17, 15) is 13.6 Å². The zero-order chi connectivity index (χ0) is 18.7. The van der Waals surface area contributed by atoms with Crippen LogP contribution in [0.4, 0.5) is 8.78 Å². The van der Waals surface area contributed by atoms with Crippen molar-refractivity contribution in [1.29, 1.82) is 0 Å². The van der Waals surface area contributed by atoms with Crippen LogP contribution in [0.1, 0.15) is 27.3 Å². The SMILES string of the molecule is Cc1cc(C)n(-c2ccc(C(=O)NCCc3cc(F)cc(F)c3)cn2)n1. The highest BCUT2D eigenvalue weighted by molar-refractivity contribution is 5.93. The number of nitrogens with zero attached hydrogens (tertiary/aromatic N) is 3. The predicted molar refractivity (Wildman–Crippen MR) is 93.2 cm³/mol. The van der Waals surface area contributed by atoms with Crippen LogP contribution in [0, 0.1) is 25.5 Å². The standard InChI is InChI=1S/C19H18F2N4O/c1-12-7-13(2)25(24-12)18-4-3-15(11-23-18)19(26)22-6-5-14-8-16(20)10-17(21)9-14/h3-4,7-11H,5-6H2,1-2H3,(H,22,26). The Kier molecular flexibility index (Phi) is 5.06. The molecule has 0 radical (unpaired) electrons. The highest BCUT2D eigenvalue weighted by Gasteiger charge is 2.09. The minimum atomic E-state index is -0.629. The monoisotopic (exact) mass is 356 g/mol. The Labute approximate surface area is 149 Å². The average molecular weight is 356 g/mol. The number of amides is 1. The van der Waals surface area contributed by atoms with Gasteiger partial charge in [-0.1, -0.05) is 0 Å². The van der Waals surface area contributed by atoms with E-state index in [-0.39, 0.29) is 12.5 Å². The summed E-state index contributed by atoms with van der Waals surface area (Å²) in [6, 6.07) is 8.64. The third kappa shape index (κ3) is 4.11. The van der Waals surface area contributed by atoms with E-state index in [1.165, 1.54) is 18.3 Å². The Morgan fingerprint density at radius 3 is 2.42 bits per heavy atom. The van der Waals surface area contributed by atoms with Gasteiger partial charge in [-0.3, -0.25) is 4.79 Å². The molecule has 3 aromatic rings. The molecule has 26 heavy (non-hydrogen) atoms. The van der Waals surface area contributed by atoms with E-state index in [4.69, 9.17) is 0 Å². The Morgan fingerprint density at radius 1 is 1.12 bits per heavy atom. The molecule has 0 fully saturated rings. The number of carbonyl (C=O) groups excluding carboxylic acids is 1. The second-order valence-electron chi connectivity index (χ2n) is 6.03. The van der Waals surface area contributed by atoms with E-state index in [0.29, 0.717) is 23.4 Å². The van der Waals surface area contributed by atoms with Crippen molar-refractivity contribution >= 4 is 5.91 Å². The first-order chi connectivity index (χ1) is 12.4. The zero-order valence-electron chi connectivity index (χ0n) is 14.5. The Morgan fingerprint density at radius 2 is 1.85 bits per heavy atom. The Bertz CT molecular complexity index is 915. The van der Waals surface area contributed by atoms with Crippen LogP contribution in [-0.4, -0.2) is 27.2 Å². The number of benzene rings is 1. The molecular formula is C19H18F2N4O. The summed E-state index contributed by atoms with van der Waals surface area (Å²) < 4.78 is 28.0. The number of hydrogen-bond acceptors (Lipinski definition) is 3. The molecule has 2 aromatic heterocycles. The van der Waals surface area contributed by atoms with Gasteiger partial charge < -0.3 is 5.32 Å². The molecule has 5 nitrogen and oxygen atoms in total. The molecule has 134 valence electrons. The lowest BCUT2D eigenvalue weighted by molar-refractivity contribution is 0.0954. The van der Waals surface area contributed by atoms with Crippen molar-refractivity contribution in [3.63, 3.8) is 0 Å². The van der Waals surface area contributed by atoms with Gasteiger partial charge in [0.1, 0.15) is 11.6 Å². The van der Waals surface area contributed by atoms with Crippen molar-refractivity contribution < 1.29 is 13.6 Å². The van der Waals surface area contributed by atoms with Crippen LogP contribution in [0.3, 0.4) is 0 Å². The molecule has 0 saturated carbocycles. The normalized spacial score (nSPS) is 10.8. The number of carbonyl (C=O) groups is 1. The number of nitrogens with one attached hydrogen (secondary N) is 1. The van der Waals surface area contributed by atoms with Gasteiger partial charge in [-0.15, -0.1) is 0 Å². The molecule has 0 aliphatic rings. The first-order valence-corrected chi connectivity index (χ1v) is 8.15. The maximum atomic E-state index is 13.1. The first kappa shape index (κ1) is 17.7. The fourth-order valence-corrected chi connectivity index (χ4v) is 2.68. The van der Waals surface area contributed by atoms with E-state index in [1.54, 1.807) is 16.8 Å². The van der Waals surface area contributed by atoms with Crippen LogP contribution in [0.2, 0.25) is 0 Å². The summed E-state index contributed by atoms with van der Waals surface area (Å²) in [6.45, 7) is 4.09. The summed E-state index contributed by atoms with van der Waals surface area (Å²) in [5, 5.41) is 7.06. The molecule has 2 heterocycles. The minimum Gasteiger partial charge on any atom is -0.352 e. The van der Waals surface area contributed by atoms with Gasteiger partial charge >= 0.3 is 0 Å². The highest BCUT2D eigenvalue weighted by atomic mass is 19.1. The van der Waals surface area contributed by atoms with Gasteiger partial charge in [-0.05, 0) is 56.2 Å². The number of pyridine rings is 1. The summed E-state index contributed by atoms with van der Waals surface area (Å²) in [4.78, 5) is 16.4. The number of hydrogen-bond donors (Lipinski definition) is 1. The third-order valence-corrected chi connectivity index (χ3v) is 3.86. The van der Waals surface area contributed by atoms with Crippen LogP contribution in [0.15, 0.2) is 42.6 Å². The lowest BCUT2D eigenvalue weighted by atomic mass is 10.1.